The van der Waals surface area contributed by atoms with Gasteiger partial charge in [-0.05, 0) is 50.9 Å². The van der Waals surface area contributed by atoms with Gasteiger partial charge in [-0.2, -0.15) is 5.26 Å². The Hall–Kier alpha value is -1.19. The van der Waals surface area contributed by atoms with Gasteiger partial charge in [0.15, 0.2) is 20.2 Å². The lowest BCUT2D eigenvalue weighted by Gasteiger charge is -2.39. The minimum absolute atomic E-state index is 0.551. The van der Waals surface area contributed by atoms with Gasteiger partial charge in [-0.15, -0.1) is 0 Å². The molecule has 0 bridgehead atoms. The lowest BCUT2D eigenvalue weighted by molar-refractivity contribution is -0.215. The molecular weight excluding hydrogens is 330 g/mol. The zero-order valence-electron chi connectivity index (χ0n) is 16.4. The minimum Gasteiger partial charge on any atom is -0.396 e. The summed E-state index contributed by atoms with van der Waals surface area (Å²) >= 11 is 0. The van der Waals surface area contributed by atoms with Crippen molar-refractivity contribution >= 4 is 8.32 Å². The average Bonchev–Trinajstić information content (AvgIpc) is 2.59. The van der Waals surface area contributed by atoms with Gasteiger partial charge in [0.05, 0.1) is 0 Å². The predicted octanol–water partition coefficient (Wildman–Crippen LogP) is 4.91. The number of hydrogen-bond donors (Lipinski definition) is 0. The summed E-state index contributed by atoms with van der Waals surface area (Å²) in [7, 11) is -1.98. The van der Waals surface area contributed by atoms with E-state index in [9.17, 15) is 5.26 Å². The number of benzene rings is 1. The van der Waals surface area contributed by atoms with Crippen molar-refractivity contribution in [3.8, 4) is 6.07 Å². The van der Waals surface area contributed by atoms with E-state index in [4.69, 9.17) is 13.9 Å². The molecule has 0 aliphatic rings. The Morgan fingerprint density at radius 3 is 2.04 bits per heavy atom. The molecule has 0 aliphatic carbocycles. The quantitative estimate of drug-likeness (QED) is 0.391. The van der Waals surface area contributed by atoms with Crippen molar-refractivity contribution in [1.29, 1.82) is 5.26 Å². The van der Waals surface area contributed by atoms with Crippen molar-refractivity contribution in [3.63, 3.8) is 0 Å². The van der Waals surface area contributed by atoms with Gasteiger partial charge in [-0.25, -0.2) is 0 Å². The molecule has 0 aromatic heterocycles. The molecule has 1 unspecified atom stereocenters. The van der Waals surface area contributed by atoms with Crippen LogP contribution in [0.3, 0.4) is 0 Å². The second-order valence-electron chi connectivity index (χ2n) is 7.27. The number of nitriles is 1. The Morgan fingerprint density at radius 1 is 1.04 bits per heavy atom. The Kier molecular flexibility index (Phi) is 9.37. The normalized spacial score (nSPS) is 14.3. The fourth-order valence-corrected chi connectivity index (χ4v) is 3.97. The summed E-state index contributed by atoms with van der Waals surface area (Å²) in [5.41, 5.74) is 0.107. The number of hydrogen-bond acceptors (Lipinski definition) is 4. The third-order valence-electron chi connectivity index (χ3n) is 3.63. The van der Waals surface area contributed by atoms with E-state index in [-0.39, 0.29) is 0 Å². The lowest BCUT2D eigenvalue weighted by atomic mass is 9.95. The van der Waals surface area contributed by atoms with Gasteiger partial charge in [0, 0.05) is 13.2 Å². The SMILES string of the molecule is CCCOC(OCCC)C(C#N)(CCc1ccccc1)O[Si](C)(C)C. The second kappa shape index (κ2) is 10.7. The van der Waals surface area contributed by atoms with Crippen molar-refractivity contribution in [2.24, 2.45) is 0 Å². The maximum atomic E-state index is 10.1. The molecule has 140 valence electrons. The van der Waals surface area contributed by atoms with E-state index in [0.29, 0.717) is 19.6 Å². The van der Waals surface area contributed by atoms with Crippen molar-refractivity contribution in [3.05, 3.63) is 35.9 Å². The topological polar surface area (TPSA) is 51.5 Å². The van der Waals surface area contributed by atoms with Crippen LogP contribution < -0.4 is 0 Å². The summed E-state index contributed by atoms with van der Waals surface area (Å²) in [6, 6.07) is 12.6. The monoisotopic (exact) mass is 363 g/mol. The summed E-state index contributed by atoms with van der Waals surface area (Å²) in [6.45, 7) is 11.5. The Balaban J connectivity index is 3.05. The highest BCUT2D eigenvalue weighted by Crippen LogP contribution is 2.30. The molecule has 0 heterocycles. The predicted molar refractivity (Wildman–Crippen MR) is 104 cm³/mol. The number of ether oxygens (including phenoxy) is 2. The molecular formula is C20H33NO3Si. The van der Waals surface area contributed by atoms with Crippen molar-refractivity contribution in [1.82, 2.24) is 0 Å². The molecule has 0 N–H and O–H groups in total. The summed E-state index contributed by atoms with van der Waals surface area (Å²) in [6.07, 6.45) is 2.39. The van der Waals surface area contributed by atoms with Crippen LogP contribution >= 0.6 is 0 Å². The molecule has 0 spiro atoms. The standard InChI is InChI=1S/C20H33NO3Si/c1-6-15-22-19(23-16-7-2)20(17-21,24-25(3,4)5)14-13-18-11-9-8-10-12-18/h8-12,19H,6-7,13-16H2,1-5H3. The van der Waals surface area contributed by atoms with Gasteiger partial charge in [-0.3, -0.25) is 0 Å². The molecule has 0 amide bonds. The second-order valence-corrected chi connectivity index (χ2v) is 11.7. The highest BCUT2D eigenvalue weighted by atomic mass is 28.4. The number of aryl methyl sites for hydroxylation is 1. The van der Waals surface area contributed by atoms with E-state index in [0.717, 1.165) is 19.3 Å². The van der Waals surface area contributed by atoms with Gasteiger partial charge in [0.25, 0.3) is 0 Å². The summed E-state index contributed by atoms with van der Waals surface area (Å²) < 4.78 is 18.3. The fourth-order valence-electron chi connectivity index (χ4n) is 2.64. The molecule has 25 heavy (non-hydrogen) atoms. The third kappa shape index (κ3) is 7.70. The number of nitrogens with zero attached hydrogens (tertiary/aromatic N) is 1. The van der Waals surface area contributed by atoms with Crippen LogP contribution in [-0.2, 0) is 20.3 Å². The van der Waals surface area contributed by atoms with Crippen LogP contribution in [0.15, 0.2) is 30.3 Å². The largest absolute Gasteiger partial charge is 0.396 e. The average molecular weight is 364 g/mol. The first kappa shape index (κ1) is 21.8. The smallest absolute Gasteiger partial charge is 0.199 e. The highest BCUT2D eigenvalue weighted by molar-refractivity contribution is 6.69. The number of rotatable bonds is 12. The Labute approximate surface area is 154 Å². The molecule has 1 aromatic rings. The van der Waals surface area contributed by atoms with Crippen molar-refractivity contribution in [2.45, 2.75) is 71.1 Å². The minimum atomic E-state index is -1.98. The Bertz CT molecular complexity index is 516. The first-order chi connectivity index (χ1) is 11.9. The molecule has 0 aliphatic heterocycles. The van der Waals surface area contributed by atoms with Crippen LogP contribution in [0, 0.1) is 11.3 Å². The molecule has 0 radical (unpaired) electrons. The van der Waals surface area contributed by atoms with Gasteiger partial charge >= 0.3 is 0 Å². The van der Waals surface area contributed by atoms with Crippen LogP contribution in [0.2, 0.25) is 19.6 Å². The summed E-state index contributed by atoms with van der Waals surface area (Å²) in [4.78, 5) is 0. The van der Waals surface area contributed by atoms with Crippen molar-refractivity contribution in [2.75, 3.05) is 13.2 Å². The fraction of sp³-hybridized carbons (Fsp3) is 0.650. The van der Waals surface area contributed by atoms with Gasteiger partial charge in [-0.1, -0.05) is 44.2 Å². The van der Waals surface area contributed by atoms with Crippen LogP contribution in [0.1, 0.15) is 38.7 Å². The highest BCUT2D eigenvalue weighted by Gasteiger charge is 2.45. The van der Waals surface area contributed by atoms with Gasteiger partial charge in [0.2, 0.25) is 0 Å². The van der Waals surface area contributed by atoms with E-state index in [1.165, 1.54) is 5.56 Å². The molecule has 1 rings (SSSR count). The van der Waals surface area contributed by atoms with E-state index >= 15 is 0 Å². The maximum Gasteiger partial charge on any atom is 0.199 e. The van der Waals surface area contributed by atoms with Gasteiger partial charge in [0.1, 0.15) is 6.07 Å². The molecule has 4 nitrogen and oxygen atoms in total. The van der Waals surface area contributed by atoms with Crippen LogP contribution in [0.25, 0.3) is 0 Å². The van der Waals surface area contributed by atoms with Crippen LogP contribution in [0.5, 0.6) is 0 Å². The first-order valence-corrected chi connectivity index (χ1v) is 12.7. The zero-order valence-corrected chi connectivity index (χ0v) is 17.4. The molecule has 5 heteroatoms. The van der Waals surface area contributed by atoms with E-state index in [1.807, 2.05) is 32.0 Å². The van der Waals surface area contributed by atoms with Gasteiger partial charge < -0.3 is 13.9 Å². The van der Waals surface area contributed by atoms with Crippen LogP contribution in [0.4, 0.5) is 0 Å². The summed E-state index contributed by atoms with van der Waals surface area (Å²) in [5.74, 6) is 0. The molecule has 1 atom stereocenters. The zero-order chi connectivity index (χ0) is 18.8. The Morgan fingerprint density at radius 2 is 1.60 bits per heavy atom. The van der Waals surface area contributed by atoms with E-state index in [2.05, 4.69) is 37.8 Å². The molecule has 0 saturated heterocycles. The maximum absolute atomic E-state index is 10.1. The van der Waals surface area contributed by atoms with Crippen molar-refractivity contribution < 1.29 is 13.9 Å². The van der Waals surface area contributed by atoms with E-state index < -0.39 is 20.2 Å². The molecule has 1 aromatic carbocycles. The summed E-state index contributed by atoms with van der Waals surface area (Å²) in [5, 5.41) is 10.1. The van der Waals surface area contributed by atoms with Crippen LogP contribution in [-0.4, -0.2) is 33.4 Å². The lowest BCUT2D eigenvalue weighted by Crippen LogP contribution is -2.52. The van der Waals surface area contributed by atoms with E-state index in [1.54, 1.807) is 0 Å². The molecule has 0 saturated carbocycles. The molecule has 0 fully saturated rings. The first-order valence-electron chi connectivity index (χ1n) is 9.25. The third-order valence-corrected chi connectivity index (χ3v) is 4.61.